The van der Waals surface area contributed by atoms with Crippen molar-refractivity contribution in [2.24, 2.45) is 0 Å². The summed E-state index contributed by atoms with van der Waals surface area (Å²) in [6.45, 7) is 2.26. The Hall–Kier alpha value is -2.29. The molecule has 0 aliphatic rings. The zero-order chi connectivity index (χ0) is 17.0. The molecule has 6 nitrogen and oxygen atoms in total. The van der Waals surface area contributed by atoms with Crippen molar-refractivity contribution in [1.82, 2.24) is 15.1 Å². The normalized spacial score (nSPS) is 13.0. The average molecular weight is 343 g/mol. The van der Waals surface area contributed by atoms with E-state index in [9.17, 15) is 22.0 Å². The van der Waals surface area contributed by atoms with Gasteiger partial charge in [0.15, 0.2) is 0 Å². The number of hydrogen-bond acceptors (Lipinski definition) is 4. The molecule has 0 spiro atoms. The number of rotatable bonds is 6. The molecule has 1 atom stereocenters. The Balaban J connectivity index is 2.03. The highest BCUT2D eigenvalue weighted by atomic mass is 32.2. The lowest BCUT2D eigenvalue weighted by Crippen LogP contribution is -2.35. The molecule has 124 valence electrons. The van der Waals surface area contributed by atoms with Crippen molar-refractivity contribution in [3.8, 4) is 0 Å². The van der Waals surface area contributed by atoms with Gasteiger partial charge in [-0.1, -0.05) is 0 Å². The minimum absolute atomic E-state index is 0.186. The summed E-state index contributed by atoms with van der Waals surface area (Å²) in [4.78, 5) is 11.5. The van der Waals surface area contributed by atoms with Gasteiger partial charge in [0.2, 0.25) is 9.84 Å². The van der Waals surface area contributed by atoms with Crippen LogP contribution in [0.4, 0.5) is 8.78 Å². The molecule has 1 amide bonds. The van der Waals surface area contributed by atoms with E-state index in [2.05, 4.69) is 10.4 Å². The number of benzene rings is 1. The van der Waals surface area contributed by atoms with Crippen LogP contribution in [0.2, 0.25) is 0 Å². The van der Waals surface area contributed by atoms with E-state index in [1.807, 2.05) is 0 Å². The molecule has 0 saturated carbocycles. The molecule has 0 aliphatic carbocycles. The second-order valence-corrected chi connectivity index (χ2v) is 6.85. The van der Waals surface area contributed by atoms with E-state index in [0.29, 0.717) is 6.54 Å². The second kappa shape index (κ2) is 6.86. The first-order valence-electron chi connectivity index (χ1n) is 6.71. The maximum atomic E-state index is 12.4. The molecule has 1 aromatic carbocycles. The highest BCUT2D eigenvalue weighted by molar-refractivity contribution is 7.91. The average Bonchev–Trinajstić information content (AvgIpc) is 2.99. The molecule has 0 saturated heterocycles. The van der Waals surface area contributed by atoms with Crippen LogP contribution in [-0.2, 0) is 16.4 Å². The second-order valence-electron chi connectivity index (χ2n) is 4.93. The van der Waals surface area contributed by atoms with Crippen molar-refractivity contribution in [3.05, 3.63) is 48.3 Å². The van der Waals surface area contributed by atoms with Crippen LogP contribution in [0.5, 0.6) is 0 Å². The van der Waals surface area contributed by atoms with E-state index in [-0.39, 0.29) is 11.6 Å². The lowest BCUT2D eigenvalue weighted by Gasteiger charge is -2.14. The van der Waals surface area contributed by atoms with E-state index in [4.69, 9.17) is 0 Å². The van der Waals surface area contributed by atoms with E-state index in [1.54, 1.807) is 30.1 Å². The number of amides is 1. The molecular weight excluding hydrogens is 328 g/mol. The van der Waals surface area contributed by atoms with Crippen molar-refractivity contribution in [1.29, 1.82) is 0 Å². The SMILES string of the molecule is C[C@@H](Cn1cccn1)NC(=O)c1ccc(S(=O)(=O)C(F)F)cc1. The number of carbonyl (C=O) groups excluding carboxylic acids is 1. The first kappa shape index (κ1) is 17.1. The predicted octanol–water partition coefficient (Wildman–Crippen LogP) is 1.70. The van der Waals surface area contributed by atoms with Gasteiger partial charge in [-0.15, -0.1) is 0 Å². The van der Waals surface area contributed by atoms with Crippen molar-refractivity contribution in [2.75, 3.05) is 0 Å². The third-order valence-electron chi connectivity index (χ3n) is 3.08. The van der Waals surface area contributed by atoms with Gasteiger partial charge < -0.3 is 5.32 Å². The zero-order valence-electron chi connectivity index (χ0n) is 12.2. The van der Waals surface area contributed by atoms with Gasteiger partial charge in [-0.05, 0) is 37.3 Å². The third-order valence-corrected chi connectivity index (χ3v) is 4.48. The van der Waals surface area contributed by atoms with Crippen LogP contribution < -0.4 is 5.32 Å². The number of nitrogens with one attached hydrogen (secondary N) is 1. The number of nitrogens with zero attached hydrogens (tertiary/aromatic N) is 2. The first-order valence-corrected chi connectivity index (χ1v) is 8.25. The Labute approximate surface area is 132 Å². The van der Waals surface area contributed by atoms with Crippen LogP contribution in [0.15, 0.2) is 47.6 Å². The molecule has 1 N–H and O–H groups in total. The number of sulfone groups is 1. The van der Waals surface area contributed by atoms with E-state index in [0.717, 1.165) is 12.1 Å². The summed E-state index contributed by atoms with van der Waals surface area (Å²) in [5.74, 6) is -3.91. The molecule has 0 bridgehead atoms. The highest BCUT2D eigenvalue weighted by Crippen LogP contribution is 2.18. The van der Waals surface area contributed by atoms with Crippen LogP contribution in [0.25, 0.3) is 0 Å². The number of aromatic nitrogens is 2. The molecule has 2 rings (SSSR count). The van der Waals surface area contributed by atoms with Crippen molar-refractivity contribution in [3.63, 3.8) is 0 Å². The zero-order valence-corrected chi connectivity index (χ0v) is 13.0. The summed E-state index contributed by atoms with van der Waals surface area (Å²) in [5.41, 5.74) is 0.186. The fourth-order valence-electron chi connectivity index (χ4n) is 1.94. The summed E-state index contributed by atoms with van der Waals surface area (Å²) < 4.78 is 49.1. The fraction of sp³-hybridized carbons (Fsp3) is 0.286. The minimum atomic E-state index is -4.65. The molecule has 1 heterocycles. The van der Waals surface area contributed by atoms with Gasteiger partial charge in [-0.25, -0.2) is 8.42 Å². The van der Waals surface area contributed by atoms with E-state index < -0.39 is 26.4 Å². The smallest absolute Gasteiger partial charge is 0.341 e. The van der Waals surface area contributed by atoms with Crippen molar-refractivity contribution >= 4 is 15.7 Å². The molecular formula is C14H15F2N3O3S. The van der Waals surface area contributed by atoms with Crippen LogP contribution in [0.3, 0.4) is 0 Å². The van der Waals surface area contributed by atoms with Crippen LogP contribution in [-0.4, -0.2) is 35.9 Å². The van der Waals surface area contributed by atoms with Gasteiger partial charge >= 0.3 is 5.76 Å². The lowest BCUT2D eigenvalue weighted by atomic mass is 10.2. The molecule has 9 heteroatoms. The van der Waals surface area contributed by atoms with Crippen LogP contribution >= 0.6 is 0 Å². The Bertz CT molecular complexity index is 759. The monoisotopic (exact) mass is 343 g/mol. The third kappa shape index (κ3) is 4.13. The summed E-state index contributed by atoms with van der Waals surface area (Å²) in [5, 5.41) is 6.74. The Morgan fingerprint density at radius 1 is 1.30 bits per heavy atom. The highest BCUT2D eigenvalue weighted by Gasteiger charge is 2.26. The maximum absolute atomic E-state index is 12.4. The maximum Gasteiger partial charge on any atom is 0.341 e. The topological polar surface area (TPSA) is 81.1 Å². The molecule has 0 unspecified atom stereocenters. The lowest BCUT2D eigenvalue weighted by molar-refractivity contribution is 0.0936. The number of carbonyl (C=O) groups is 1. The largest absolute Gasteiger partial charge is 0.348 e. The Kier molecular flexibility index (Phi) is 5.09. The van der Waals surface area contributed by atoms with Gasteiger partial charge in [-0.3, -0.25) is 9.48 Å². The molecule has 0 aliphatic heterocycles. The molecule has 1 aromatic heterocycles. The van der Waals surface area contributed by atoms with E-state index in [1.165, 1.54) is 12.1 Å². The summed E-state index contributed by atoms with van der Waals surface area (Å²) in [6.07, 6.45) is 3.38. The quantitative estimate of drug-likeness (QED) is 0.866. The predicted molar refractivity (Wildman–Crippen MR) is 78.8 cm³/mol. The van der Waals surface area contributed by atoms with Gasteiger partial charge in [0, 0.05) is 24.0 Å². The number of hydrogen-bond donors (Lipinski definition) is 1. The van der Waals surface area contributed by atoms with Crippen molar-refractivity contribution < 1.29 is 22.0 Å². The minimum Gasteiger partial charge on any atom is -0.348 e. The summed E-state index contributed by atoms with van der Waals surface area (Å²) in [6, 6.07) is 5.93. The molecule has 2 aromatic rings. The first-order chi connectivity index (χ1) is 10.8. The van der Waals surface area contributed by atoms with Gasteiger partial charge in [0.1, 0.15) is 0 Å². The number of alkyl halides is 2. The van der Waals surface area contributed by atoms with Crippen molar-refractivity contribution in [2.45, 2.75) is 30.2 Å². The van der Waals surface area contributed by atoms with Crippen LogP contribution in [0.1, 0.15) is 17.3 Å². The fourth-order valence-corrected chi connectivity index (χ4v) is 2.66. The summed E-state index contributed by atoms with van der Waals surface area (Å²) in [7, 11) is -4.65. The molecule has 0 fully saturated rings. The van der Waals surface area contributed by atoms with Gasteiger partial charge in [0.05, 0.1) is 11.4 Å². The molecule has 0 radical (unpaired) electrons. The Morgan fingerprint density at radius 3 is 2.48 bits per heavy atom. The standard InChI is InChI=1S/C14H15F2N3O3S/c1-10(9-19-8-2-7-17-19)18-13(20)11-3-5-12(6-4-11)23(21,22)14(15)16/h2-8,10,14H,9H2,1H3,(H,18,20)/t10-/m0/s1. The van der Waals surface area contributed by atoms with Crippen LogP contribution in [0, 0.1) is 0 Å². The number of halogens is 2. The van der Waals surface area contributed by atoms with E-state index >= 15 is 0 Å². The molecule has 23 heavy (non-hydrogen) atoms. The Morgan fingerprint density at radius 2 is 1.96 bits per heavy atom. The van der Waals surface area contributed by atoms with Gasteiger partial charge in [-0.2, -0.15) is 13.9 Å². The van der Waals surface area contributed by atoms with Gasteiger partial charge in [0.25, 0.3) is 5.91 Å². The summed E-state index contributed by atoms with van der Waals surface area (Å²) >= 11 is 0.